The van der Waals surface area contributed by atoms with Crippen LogP contribution in [0, 0.1) is 18.7 Å². The van der Waals surface area contributed by atoms with Crippen molar-refractivity contribution < 1.29 is 4.39 Å². The Morgan fingerprint density at radius 2 is 2.00 bits per heavy atom. The van der Waals surface area contributed by atoms with E-state index < -0.39 is 0 Å². The van der Waals surface area contributed by atoms with Crippen LogP contribution in [0.2, 0.25) is 0 Å². The SMILES string of the molecule is Cc1ccc(N(Cc2ccccc2)C[C@H]2C=C(N)NC2)c(F)c1. The molecule has 1 atom stereocenters. The molecule has 3 N–H and O–H groups in total. The molecule has 3 rings (SSSR count). The Labute approximate surface area is 136 Å². The first-order valence-electron chi connectivity index (χ1n) is 7.88. The molecule has 4 heteroatoms. The van der Waals surface area contributed by atoms with Crippen molar-refractivity contribution in [3.8, 4) is 0 Å². The molecule has 2 aromatic rings. The van der Waals surface area contributed by atoms with E-state index in [2.05, 4.69) is 22.3 Å². The number of anilines is 1. The number of benzene rings is 2. The Hall–Kier alpha value is -2.49. The zero-order chi connectivity index (χ0) is 16.2. The molecule has 0 amide bonds. The van der Waals surface area contributed by atoms with Gasteiger partial charge in [0, 0.05) is 25.6 Å². The van der Waals surface area contributed by atoms with Gasteiger partial charge in [0.15, 0.2) is 0 Å². The van der Waals surface area contributed by atoms with E-state index in [0.29, 0.717) is 18.1 Å². The van der Waals surface area contributed by atoms with Gasteiger partial charge >= 0.3 is 0 Å². The van der Waals surface area contributed by atoms with Gasteiger partial charge in [-0.2, -0.15) is 0 Å². The largest absolute Gasteiger partial charge is 0.386 e. The van der Waals surface area contributed by atoms with Crippen molar-refractivity contribution in [2.75, 3.05) is 18.0 Å². The fraction of sp³-hybridized carbons (Fsp3) is 0.263. The molecule has 1 aliphatic rings. The van der Waals surface area contributed by atoms with Crippen molar-refractivity contribution in [2.45, 2.75) is 13.5 Å². The van der Waals surface area contributed by atoms with E-state index in [-0.39, 0.29) is 11.7 Å². The van der Waals surface area contributed by atoms with Crippen LogP contribution in [0.4, 0.5) is 10.1 Å². The third-order valence-electron chi connectivity index (χ3n) is 4.10. The van der Waals surface area contributed by atoms with Crippen molar-refractivity contribution in [3.05, 3.63) is 77.4 Å². The molecule has 0 aliphatic carbocycles. The van der Waals surface area contributed by atoms with E-state index in [1.807, 2.05) is 43.3 Å². The maximum atomic E-state index is 14.5. The normalized spacial score (nSPS) is 16.8. The Kier molecular flexibility index (Phi) is 4.51. The van der Waals surface area contributed by atoms with E-state index >= 15 is 0 Å². The summed E-state index contributed by atoms with van der Waals surface area (Å²) in [6.07, 6.45) is 2.02. The first kappa shape index (κ1) is 15.4. The van der Waals surface area contributed by atoms with Crippen LogP contribution in [0.25, 0.3) is 0 Å². The zero-order valence-electron chi connectivity index (χ0n) is 13.3. The number of aryl methyl sites for hydroxylation is 1. The van der Waals surface area contributed by atoms with Crippen LogP contribution in [0.1, 0.15) is 11.1 Å². The number of nitrogens with one attached hydrogen (secondary N) is 1. The van der Waals surface area contributed by atoms with Crippen molar-refractivity contribution in [3.63, 3.8) is 0 Å². The molecular formula is C19H22FN3. The first-order chi connectivity index (χ1) is 11.1. The van der Waals surface area contributed by atoms with E-state index in [1.54, 1.807) is 6.07 Å². The van der Waals surface area contributed by atoms with Crippen LogP contribution in [0.3, 0.4) is 0 Å². The lowest BCUT2D eigenvalue weighted by Crippen LogP contribution is -2.31. The first-order valence-corrected chi connectivity index (χ1v) is 7.88. The molecule has 0 spiro atoms. The Balaban J connectivity index is 1.86. The molecule has 0 fully saturated rings. The number of rotatable bonds is 5. The smallest absolute Gasteiger partial charge is 0.146 e. The molecule has 120 valence electrons. The molecule has 1 aliphatic heterocycles. The fourth-order valence-electron chi connectivity index (χ4n) is 2.94. The third kappa shape index (κ3) is 3.83. The van der Waals surface area contributed by atoms with Gasteiger partial charge in [-0.3, -0.25) is 0 Å². The molecule has 3 nitrogen and oxygen atoms in total. The maximum Gasteiger partial charge on any atom is 0.146 e. The van der Waals surface area contributed by atoms with Gasteiger partial charge in [0.2, 0.25) is 0 Å². The fourth-order valence-corrected chi connectivity index (χ4v) is 2.94. The average Bonchev–Trinajstić information content (AvgIpc) is 2.93. The minimum Gasteiger partial charge on any atom is -0.386 e. The summed E-state index contributed by atoms with van der Waals surface area (Å²) in [5, 5.41) is 3.13. The van der Waals surface area contributed by atoms with Gasteiger partial charge in [-0.1, -0.05) is 36.4 Å². The van der Waals surface area contributed by atoms with Gasteiger partial charge in [-0.15, -0.1) is 0 Å². The molecular weight excluding hydrogens is 289 g/mol. The molecule has 0 radical (unpaired) electrons. The van der Waals surface area contributed by atoms with Crippen LogP contribution in [0.5, 0.6) is 0 Å². The lowest BCUT2D eigenvalue weighted by molar-refractivity contribution is 0.584. The highest BCUT2D eigenvalue weighted by Crippen LogP contribution is 2.24. The Morgan fingerprint density at radius 1 is 1.22 bits per heavy atom. The molecule has 2 aromatic carbocycles. The molecule has 0 unspecified atom stereocenters. The summed E-state index contributed by atoms with van der Waals surface area (Å²) in [5.74, 6) is 0.808. The van der Waals surface area contributed by atoms with E-state index in [1.165, 1.54) is 0 Å². The topological polar surface area (TPSA) is 41.3 Å². The highest BCUT2D eigenvalue weighted by Gasteiger charge is 2.20. The number of nitrogens with zero attached hydrogens (tertiary/aromatic N) is 1. The summed E-state index contributed by atoms with van der Waals surface area (Å²) in [6.45, 7) is 4.09. The number of hydrogen-bond acceptors (Lipinski definition) is 3. The predicted octanol–water partition coefficient (Wildman–Crippen LogP) is 3.16. The number of halogens is 1. The van der Waals surface area contributed by atoms with E-state index in [4.69, 9.17) is 5.73 Å². The van der Waals surface area contributed by atoms with Gasteiger partial charge < -0.3 is 16.0 Å². The summed E-state index contributed by atoms with van der Waals surface area (Å²) in [5.41, 5.74) is 8.53. The van der Waals surface area contributed by atoms with Gasteiger partial charge in [0.25, 0.3) is 0 Å². The number of hydrogen-bond donors (Lipinski definition) is 2. The third-order valence-corrected chi connectivity index (χ3v) is 4.10. The standard InChI is InChI=1S/C19H22FN3/c1-14-7-8-18(17(20)9-14)23(12-15-5-3-2-4-6-15)13-16-10-19(21)22-11-16/h2-10,16,22H,11-13,21H2,1H3/t16-/m0/s1. The van der Waals surface area contributed by atoms with Gasteiger partial charge in [0.05, 0.1) is 11.5 Å². The second kappa shape index (κ2) is 6.73. The molecule has 0 bridgehead atoms. The van der Waals surface area contributed by atoms with Crippen molar-refractivity contribution in [1.29, 1.82) is 0 Å². The molecule has 1 heterocycles. The van der Waals surface area contributed by atoms with Crippen molar-refractivity contribution >= 4 is 5.69 Å². The van der Waals surface area contributed by atoms with Crippen LogP contribution in [-0.4, -0.2) is 13.1 Å². The van der Waals surface area contributed by atoms with E-state index in [0.717, 1.165) is 24.2 Å². The predicted molar refractivity (Wildman–Crippen MR) is 92.4 cm³/mol. The minimum absolute atomic E-state index is 0.177. The molecule has 23 heavy (non-hydrogen) atoms. The summed E-state index contributed by atoms with van der Waals surface area (Å²) in [6, 6.07) is 15.5. The van der Waals surface area contributed by atoms with Gasteiger partial charge in [-0.05, 0) is 36.3 Å². The highest BCUT2D eigenvalue weighted by molar-refractivity contribution is 5.50. The van der Waals surface area contributed by atoms with Gasteiger partial charge in [0.1, 0.15) is 5.82 Å². The van der Waals surface area contributed by atoms with Crippen molar-refractivity contribution in [2.24, 2.45) is 11.7 Å². The van der Waals surface area contributed by atoms with Crippen LogP contribution in [-0.2, 0) is 6.54 Å². The molecule has 0 saturated heterocycles. The summed E-state index contributed by atoms with van der Waals surface area (Å²) in [7, 11) is 0. The Morgan fingerprint density at radius 3 is 2.65 bits per heavy atom. The van der Waals surface area contributed by atoms with Crippen LogP contribution >= 0.6 is 0 Å². The number of nitrogens with two attached hydrogens (primary N) is 1. The summed E-state index contributed by atoms with van der Waals surface area (Å²) in [4.78, 5) is 2.09. The van der Waals surface area contributed by atoms with E-state index in [9.17, 15) is 4.39 Å². The van der Waals surface area contributed by atoms with Crippen LogP contribution < -0.4 is 16.0 Å². The average molecular weight is 311 g/mol. The summed E-state index contributed by atoms with van der Waals surface area (Å²) >= 11 is 0. The monoisotopic (exact) mass is 311 g/mol. The van der Waals surface area contributed by atoms with Crippen molar-refractivity contribution in [1.82, 2.24) is 5.32 Å². The quantitative estimate of drug-likeness (QED) is 0.891. The minimum atomic E-state index is -0.177. The lowest BCUT2D eigenvalue weighted by atomic mass is 10.1. The second-order valence-corrected chi connectivity index (χ2v) is 6.08. The maximum absolute atomic E-state index is 14.5. The lowest BCUT2D eigenvalue weighted by Gasteiger charge is -2.28. The van der Waals surface area contributed by atoms with Crippen LogP contribution in [0.15, 0.2) is 60.4 Å². The highest BCUT2D eigenvalue weighted by atomic mass is 19.1. The Bertz CT molecular complexity index is 697. The second-order valence-electron chi connectivity index (χ2n) is 6.08. The summed E-state index contributed by atoms with van der Waals surface area (Å²) < 4.78 is 14.5. The molecule has 0 saturated carbocycles. The van der Waals surface area contributed by atoms with Gasteiger partial charge in [-0.25, -0.2) is 4.39 Å². The molecule has 0 aromatic heterocycles. The zero-order valence-corrected chi connectivity index (χ0v) is 13.3.